The summed E-state index contributed by atoms with van der Waals surface area (Å²) in [6, 6.07) is 0. The first-order valence-corrected chi connectivity index (χ1v) is 5.12. The topological polar surface area (TPSA) is 18.5 Å². The van der Waals surface area contributed by atoms with Gasteiger partial charge in [-0.15, -0.1) is 11.6 Å². The first kappa shape index (κ1) is 9.78. The summed E-state index contributed by atoms with van der Waals surface area (Å²) >= 11 is 9.16. The molecule has 1 atom stereocenters. The largest absolute Gasteiger partial charge is 0.345 e. The summed E-state index contributed by atoms with van der Waals surface area (Å²) in [5, 5.41) is 0. The van der Waals surface area contributed by atoms with Gasteiger partial charge < -0.3 is 9.47 Å². The highest BCUT2D eigenvalue weighted by Gasteiger charge is 2.41. The summed E-state index contributed by atoms with van der Waals surface area (Å²) in [5.41, 5.74) is 0. The summed E-state index contributed by atoms with van der Waals surface area (Å²) in [6.07, 6.45) is 1.85. The number of alkyl halides is 2. The molecule has 1 rings (SSSR count). The van der Waals surface area contributed by atoms with Gasteiger partial charge in [0.15, 0.2) is 5.79 Å². The van der Waals surface area contributed by atoms with Gasteiger partial charge >= 0.3 is 0 Å². The van der Waals surface area contributed by atoms with Crippen molar-refractivity contribution >= 4 is 27.5 Å². The van der Waals surface area contributed by atoms with Gasteiger partial charge in [-0.05, 0) is 0 Å². The predicted molar refractivity (Wildman–Crippen MR) is 48.1 cm³/mol. The number of hydrogen-bond donors (Lipinski definition) is 0. The highest BCUT2D eigenvalue weighted by atomic mass is 79.9. The Labute approximate surface area is 80.3 Å². The van der Waals surface area contributed by atoms with Gasteiger partial charge in [0.05, 0.1) is 13.2 Å². The van der Waals surface area contributed by atoms with Crippen LogP contribution < -0.4 is 0 Å². The lowest BCUT2D eigenvalue weighted by atomic mass is 10.2. The van der Waals surface area contributed by atoms with E-state index in [1.165, 1.54) is 0 Å². The molecule has 0 saturated carbocycles. The van der Waals surface area contributed by atoms with E-state index < -0.39 is 5.79 Å². The molecule has 1 aliphatic rings. The van der Waals surface area contributed by atoms with E-state index in [4.69, 9.17) is 21.1 Å². The fourth-order valence-electron chi connectivity index (χ4n) is 1.20. The number of rotatable bonds is 3. The van der Waals surface area contributed by atoms with Crippen LogP contribution in [0.25, 0.3) is 0 Å². The molecule has 0 N–H and O–H groups in total. The number of hydrogen-bond acceptors (Lipinski definition) is 2. The predicted octanol–water partition coefficient (Wildman–Crippen LogP) is 2.49. The zero-order chi connectivity index (χ0) is 8.32. The van der Waals surface area contributed by atoms with E-state index in [-0.39, 0.29) is 4.29 Å². The monoisotopic (exact) mass is 242 g/mol. The van der Waals surface area contributed by atoms with Crippen LogP contribution in [0.3, 0.4) is 0 Å². The minimum Gasteiger partial charge on any atom is -0.345 e. The lowest BCUT2D eigenvalue weighted by Gasteiger charge is -2.28. The van der Waals surface area contributed by atoms with Crippen LogP contribution in [-0.2, 0) is 9.47 Å². The van der Waals surface area contributed by atoms with Gasteiger partial charge in [0.2, 0.25) is 0 Å². The molecule has 0 amide bonds. The molecule has 4 heteroatoms. The van der Waals surface area contributed by atoms with Crippen LogP contribution in [0.2, 0.25) is 0 Å². The Kier molecular flexibility index (Phi) is 3.62. The van der Waals surface area contributed by atoms with Crippen molar-refractivity contribution in [3.63, 3.8) is 0 Å². The van der Waals surface area contributed by atoms with Crippen molar-refractivity contribution in [3.05, 3.63) is 0 Å². The van der Waals surface area contributed by atoms with Crippen LogP contribution in [0, 0.1) is 0 Å². The van der Waals surface area contributed by atoms with Crippen LogP contribution >= 0.6 is 27.5 Å². The second kappa shape index (κ2) is 4.08. The van der Waals surface area contributed by atoms with Crippen molar-refractivity contribution in [1.82, 2.24) is 0 Å². The molecular weight excluding hydrogens is 231 g/mol. The Morgan fingerprint density at radius 2 is 2.09 bits per heavy atom. The minimum atomic E-state index is -0.573. The molecular formula is C7H12BrClO2. The van der Waals surface area contributed by atoms with Gasteiger partial charge in [0.1, 0.15) is 4.29 Å². The van der Waals surface area contributed by atoms with Crippen molar-refractivity contribution < 1.29 is 9.47 Å². The first-order chi connectivity index (χ1) is 5.21. The number of ether oxygens (including phenoxy) is 2. The quantitative estimate of drug-likeness (QED) is 0.709. The van der Waals surface area contributed by atoms with Crippen LogP contribution in [0.1, 0.15) is 19.8 Å². The Bertz CT molecular complexity index is 124. The van der Waals surface area contributed by atoms with Crippen molar-refractivity contribution in [1.29, 1.82) is 0 Å². The third-order valence-electron chi connectivity index (χ3n) is 1.71. The van der Waals surface area contributed by atoms with Crippen LogP contribution in [0.15, 0.2) is 0 Å². The van der Waals surface area contributed by atoms with Gasteiger partial charge in [-0.25, -0.2) is 0 Å². The van der Waals surface area contributed by atoms with Gasteiger partial charge in [-0.2, -0.15) is 0 Å². The third kappa shape index (κ3) is 2.08. The maximum atomic E-state index is 5.89. The Balaban J connectivity index is 2.55. The average molecular weight is 244 g/mol. The molecule has 11 heavy (non-hydrogen) atoms. The van der Waals surface area contributed by atoms with E-state index in [0.29, 0.717) is 13.2 Å². The molecule has 0 aromatic heterocycles. The Morgan fingerprint density at radius 3 is 2.45 bits per heavy atom. The second-order valence-electron chi connectivity index (χ2n) is 2.56. The van der Waals surface area contributed by atoms with Crippen molar-refractivity contribution in [2.75, 3.05) is 13.2 Å². The van der Waals surface area contributed by atoms with E-state index in [1.54, 1.807) is 0 Å². The summed E-state index contributed by atoms with van der Waals surface area (Å²) in [4.78, 5) is 0. The molecule has 0 aromatic carbocycles. The fourth-order valence-corrected chi connectivity index (χ4v) is 1.93. The minimum absolute atomic E-state index is 0.252. The maximum Gasteiger partial charge on any atom is 0.194 e. The molecule has 0 aromatic rings. The fraction of sp³-hybridized carbons (Fsp3) is 1.00. The molecule has 0 radical (unpaired) electrons. The number of halogens is 2. The van der Waals surface area contributed by atoms with Gasteiger partial charge in [0, 0.05) is 6.42 Å². The summed E-state index contributed by atoms with van der Waals surface area (Å²) in [5.74, 6) is -0.573. The molecule has 1 unspecified atom stereocenters. The third-order valence-corrected chi connectivity index (χ3v) is 2.74. The van der Waals surface area contributed by atoms with E-state index in [1.807, 2.05) is 0 Å². The van der Waals surface area contributed by atoms with Gasteiger partial charge in [-0.3, -0.25) is 0 Å². The maximum absolute atomic E-state index is 5.89. The Morgan fingerprint density at radius 1 is 1.55 bits per heavy atom. The second-order valence-corrected chi connectivity index (χ2v) is 4.44. The van der Waals surface area contributed by atoms with E-state index in [0.717, 1.165) is 12.8 Å². The van der Waals surface area contributed by atoms with E-state index in [9.17, 15) is 0 Å². The average Bonchev–Trinajstić information content (AvgIpc) is 2.38. The molecule has 2 nitrogen and oxygen atoms in total. The normalized spacial score (nSPS) is 25.4. The molecule has 1 heterocycles. The van der Waals surface area contributed by atoms with Gasteiger partial charge in [0.25, 0.3) is 0 Å². The van der Waals surface area contributed by atoms with Gasteiger partial charge in [-0.1, -0.05) is 29.3 Å². The van der Waals surface area contributed by atoms with Crippen molar-refractivity contribution in [2.45, 2.75) is 29.8 Å². The molecule has 0 bridgehead atoms. The zero-order valence-electron chi connectivity index (χ0n) is 6.48. The smallest absolute Gasteiger partial charge is 0.194 e. The van der Waals surface area contributed by atoms with Crippen LogP contribution in [0.4, 0.5) is 0 Å². The van der Waals surface area contributed by atoms with E-state index >= 15 is 0 Å². The van der Waals surface area contributed by atoms with Crippen molar-refractivity contribution in [2.24, 2.45) is 0 Å². The lowest BCUT2D eigenvalue weighted by Crippen LogP contribution is -2.36. The lowest BCUT2D eigenvalue weighted by molar-refractivity contribution is -0.148. The molecule has 1 saturated heterocycles. The molecule has 0 spiro atoms. The molecule has 1 aliphatic heterocycles. The highest BCUT2D eigenvalue weighted by molar-refractivity contribution is 9.10. The van der Waals surface area contributed by atoms with Crippen molar-refractivity contribution in [3.8, 4) is 0 Å². The molecule has 66 valence electrons. The summed E-state index contributed by atoms with van der Waals surface area (Å²) in [7, 11) is 0. The SMILES string of the molecule is CCCC1(C(Cl)Br)OCCO1. The zero-order valence-corrected chi connectivity index (χ0v) is 8.82. The standard InChI is InChI=1S/C7H12BrClO2/c1-2-3-7(6(8)9)10-4-5-11-7/h6H,2-5H2,1H3. The molecule has 0 aliphatic carbocycles. The van der Waals surface area contributed by atoms with Crippen LogP contribution in [0.5, 0.6) is 0 Å². The van der Waals surface area contributed by atoms with Crippen LogP contribution in [-0.4, -0.2) is 23.3 Å². The summed E-state index contributed by atoms with van der Waals surface area (Å²) < 4.78 is 10.6. The molecule has 1 fully saturated rings. The van der Waals surface area contributed by atoms with E-state index in [2.05, 4.69) is 22.9 Å². The first-order valence-electron chi connectivity index (χ1n) is 3.77. The highest BCUT2D eigenvalue weighted by Crippen LogP contribution is 2.34. The Hall–Kier alpha value is 0.690. The summed E-state index contributed by atoms with van der Waals surface area (Å²) in [6.45, 7) is 3.38.